The van der Waals surface area contributed by atoms with Crippen molar-refractivity contribution in [3.8, 4) is 0 Å². The molecule has 10 nitrogen and oxygen atoms in total. The number of urea groups is 1. The molecule has 5 amide bonds. The fourth-order valence-electron chi connectivity index (χ4n) is 4.18. The van der Waals surface area contributed by atoms with Crippen LogP contribution in [-0.4, -0.2) is 44.7 Å². The van der Waals surface area contributed by atoms with Crippen LogP contribution in [0.5, 0.6) is 0 Å². The fourth-order valence-corrected chi connectivity index (χ4v) is 5.37. The van der Waals surface area contributed by atoms with E-state index in [9.17, 15) is 23.6 Å². The number of carbonyl (C=O) groups is 4. The molecule has 4 heterocycles. The lowest BCUT2D eigenvalue weighted by Crippen LogP contribution is -2.52. The first kappa shape index (κ1) is 24.1. The summed E-state index contributed by atoms with van der Waals surface area (Å²) in [6.07, 6.45) is 0.404. The smallest absolute Gasteiger partial charge is 0.321 e. The third-order valence-electron chi connectivity index (χ3n) is 6.00. The number of aromatic nitrogens is 2. The SMILES string of the molecule is CC(C)(NC(=O)Nc1ccc2c(n1)CN(C1CCC(=O)NC1=O)C2=O)c1nc2cc(Cl)c(F)cc2s1. The predicted octanol–water partition coefficient (Wildman–Crippen LogP) is 3.30. The van der Waals surface area contributed by atoms with Crippen molar-refractivity contribution in [3.05, 3.63) is 51.4 Å². The average molecular weight is 531 g/mol. The lowest BCUT2D eigenvalue weighted by atomic mass is 10.0. The van der Waals surface area contributed by atoms with Crippen molar-refractivity contribution < 1.29 is 23.6 Å². The summed E-state index contributed by atoms with van der Waals surface area (Å²) in [6, 6.07) is 4.49. The minimum absolute atomic E-state index is 0.0276. The van der Waals surface area contributed by atoms with Gasteiger partial charge in [0, 0.05) is 6.42 Å². The van der Waals surface area contributed by atoms with Gasteiger partial charge in [-0.1, -0.05) is 11.6 Å². The Morgan fingerprint density at radius 3 is 2.78 bits per heavy atom. The number of amides is 5. The number of hydrogen-bond acceptors (Lipinski definition) is 7. The number of anilines is 1. The standard InChI is InChI=1S/C23H20ClFN6O4S/c1-23(2,21-27-13-7-11(24)12(25)8-16(13)36-21)30-22(35)28-17-5-3-10-14(26-17)9-31(20(10)34)15-4-6-18(32)29-19(15)33/h3,5,7-8,15H,4,6,9H2,1-2H3,(H,29,32,33)(H2,26,28,30,35). The molecule has 13 heteroatoms. The van der Waals surface area contributed by atoms with E-state index in [4.69, 9.17) is 11.6 Å². The van der Waals surface area contributed by atoms with Crippen molar-refractivity contribution in [2.24, 2.45) is 0 Å². The van der Waals surface area contributed by atoms with Gasteiger partial charge in [0.25, 0.3) is 5.91 Å². The Bertz CT molecular complexity index is 1420. The number of nitrogens with one attached hydrogen (secondary N) is 3. The minimum Gasteiger partial charge on any atom is -0.326 e. The Balaban J connectivity index is 1.28. The quantitative estimate of drug-likeness (QED) is 0.443. The van der Waals surface area contributed by atoms with E-state index in [2.05, 4.69) is 25.9 Å². The lowest BCUT2D eigenvalue weighted by molar-refractivity contribution is -0.136. The molecule has 1 atom stereocenters. The molecule has 1 aromatic carbocycles. The van der Waals surface area contributed by atoms with Gasteiger partial charge in [-0.15, -0.1) is 11.3 Å². The van der Waals surface area contributed by atoms with Crippen molar-refractivity contribution in [3.63, 3.8) is 0 Å². The van der Waals surface area contributed by atoms with Crippen molar-refractivity contribution in [1.82, 2.24) is 25.5 Å². The fraction of sp³-hybridized carbons (Fsp3) is 0.304. The van der Waals surface area contributed by atoms with Crippen molar-refractivity contribution in [1.29, 1.82) is 0 Å². The van der Waals surface area contributed by atoms with E-state index in [1.54, 1.807) is 19.9 Å². The normalized spacial score (nSPS) is 17.8. The van der Waals surface area contributed by atoms with Crippen LogP contribution in [0.15, 0.2) is 24.3 Å². The summed E-state index contributed by atoms with van der Waals surface area (Å²) in [5.41, 5.74) is 0.395. The molecule has 1 unspecified atom stereocenters. The Hall–Kier alpha value is -3.64. The third kappa shape index (κ3) is 4.37. The van der Waals surface area contributed by atoms with E-state index in [1.807, 2.05) is 0 Å². The van der Waals surface area contributed by atoms with Crippen LogP contribution in [0, 0.1) is 5.82 Å². The molecule has 3 N–H and O–H groups in total. The summed E-state index contributed by atoms with van der Waals surface area (Å²) in [5, 5.41) is 8.26. The number of imide groups is 1. The molecule has 0 aliphatic carbocycles. The summed E-state index contributed by atoms with van der Waals surface area (Å²) in [5.74, 6) is -1.54. The maximum atomic E-state index is 13.8. The van der Waals surface area contributed by atoms with Crippen LogP contribution in [0.3, 0.4) is 0 Å². The average Bonchev–Trinajstić information content (AvgIpc) is 3.35. The van der Waals surface area contributed by atoms with Crippen LogP contribution < -0.4 is 16.0 Å². The second-order valence-corrected chi connectivity index (χ2v) is 10.5. The van der Waals surface area contributed by atoms with E-state index < -0.39 is 29.3 Å². The van der Waals surface area contributed by atoms with E-state index in [0.717, 1.165) is 0 Å². The van der Waals surface area contributed by atoms with Gasteiger partial charge in [0.15, 0.2) is 0 Å². The van der Waals surface area contributed by atoms with Gasteiger partial charge in [-0.05, 0) is 44.5 Å². The van der Waals surface area contributed by atoms with Crippen LogP contribution in [0.2, 0.25) is 5.02 Å². The number of nitrogens with zero attached hydrogens (tertiary/aromatic N) is 3. The summed E-state index contributed by atoms with van der Waals surface area (Å²) in [4.78, 5) is 59.4. The molecule has 0 saturated carbocycles. The second-order valence-electron chi connectivity index (χ2n) is 9.05. The largest absolute Gasteiger partial charge is 0.326 e. The lowest BCUT2D eigenvalue weighted by Gasteiger charge is -2.29. The molecule has 2 aromatic heterocycles. The van der Waals surface area contributed by atoms with Gasteiger partial charge in [0.05, 0.1) is 38.6 Å². The van der Waals surface area contributed by atoms with Gasteiger partial charge in [-0.25, -0.2) is 19.2 Å². The molecule has 2 aliphatic rings. The Morgan fingerprint density at radius 1 is 1.25 bits per heavy atom. The Morgan fingerprint density at radius 2 is 2.03 bits per heavy atom. The second kappa shape index (κ2) is 8.79. The van der Waals surface area contributed by atoms with Gasteiger partial charge < -0.3 is 10.2 Å². The molecule has 186 valence electrons. The highest BCUT2D eigenvalue weighted by atomic mass is 35.5. The summed E-state index contributed by atoms with van der Waals surface area (Å²) in [6.45, 7) is 3.61. The Kier molecular flexibility index (Phi) is 5.87. The van der Waals surface area contributed by atoms with Crippen molar-refractivity contribution >= 4 is 62.7 Å². The molecule has 5 rings (SSSR count). The molecular formula is C23H20ClFN6O4S. The predicted molar refractivity (Wildman–Crippen MR) is 130 cm³/mol. The van der Waals surface area contributed by atoms with Crippen LogP contribution in [0.25, 0.3) is 10.2 Å². The highest BCUT2D eigenvalue weighted by molar-refractivity contribution is 7.18. The molecule has 1 saturated heterocycles. The molecule has 1 fully saturated rings. The maximum absolute atomic E-state index is 13.8. The highest BCUT2D eigenvalue weighted by Gasteiger charge is 2.40. The molecule has 0 spiro atoms. The van der Waals surface area contributed by atoms with Crippen LogP contribution >= 0.6 is 22.9 Å². The number of pyridine rings is 1. The maximum Gasteiger partial charge on any atom is 0.321 e. The zero-order valence-corrected chi connectivity index (χ0v) is 20.7. The topological polar surface area (TPSA) is 133 Å². The van der Waals surface area contributed by atoms with Crippen molar-refractivity contribution in [2.75, 3.05) is 5.32 Å². The number of halogens is 2. The number of benzene rings is 1. The first-order valence-corrected chi connectivity index (χ1v) is 12.2. The number of carbonyl (C=O) groups excluding carboxylic acids is 4. The highest BCUT2D eigenvalue weighted by Crippen LogP contribution is 2.33. The molecule has 0 bridgehead atoms. The monoisotopic (exact) mass is 530 g/mol. The third-order valence-corrected chi connectivity index (χ3v) is 7.64. The summed E-state index contributed by atoms with van der Waals surface area (Å²) < 4.78 is 14.4. The first-order valence-electron chi connectivity index (χ1n) is 11.0. The molecule has 36 heavy (non-hydrogen) atoms. The van der Waals surface area contributed by atoms with Gasteiger partial charge >= 0.3 is 6.03 Å². The van der Waals surface area contributed by atoms with E-state index in [1.165, 1.54) is 34.4 Å². The zero-order chi connectivity index (χ0) is 25.8. The van der Waals surface area contributed by atoms with Gasteiger partial charge in [0.1, 0.15) is 22.7 Å². The number of rotatable bonds is 4. The zero-order valence-electron chi connectivity index (χ0n) is 19.1. The van der Waals surface area contributed by atoms with E-state index in [0.29, 0.717) is 26.5 Å². The van der Waals surface area contributed by atoms with Crippen molar-refractivity contribution in [2.45, 2.75) is 44.8 Å². The number of fused-ring (bicyclic) bond motifs is 2. The van der Waals surface area contributed by atoms with E-state index in [-0.39, 0.29) is 42.0 Å². The van der Waals surface area contributed by atoms with Gasteiger partial charge in [-0.3, -0.25) is 25.0 Å². The van der Waals surface area contributed by atoms with Crippen LogP contribution in [-0.2, 0) is 21.7 Å². The van der Waals surface area contributed by atoms with Gasteiger partial charge in [0.2, 0.25) is 11.8 Å². The van der Waals surface area contributed by atoms with E-state index >= 15 is 0 Å². The molecule has 3 aromatic rings. The Labute approximate surface area is 213 Å². The van der Waals surface area contributed by atoms with Gasteiger partial charge in [-0.2, -0.15) is 0 Å². The summed E-state index contributed by atoms with van der Waals surface area (Å²) >= 11 is 7.09. The number of hydrogen-bond donors (Lipinski definition) is 3. The molecule has 2 aliphatic heterocycles. The minimum atomic E-state index is -0.897. The first-order chi connectivity index (χ1) is 17.0. The van der Waals surface area contributed by atoms with Crippen LogP contribution in [0.1, 0.15) is 47.7 Å². The van der Waals surface area contributed by atoms with Crippen LogP contribution in [0.4, 0.5) is 15.0 Å². The molecule has 0 radical (unpaired) electrons. The molecular weight excluding hydrogens is 511 g/mol. The summed E-state index contributed by atoms with van der Waals surface area (Å²) in [7, 11) is 0. The number of thiazole rings is 1. The number of piperidine rings is 1.